The van der Waals surface area contributed by atoms with Gasteiger partial charge in [0.15, 0.2) is 0 Å². The maximum absolute atomic E-state index is 9.26. The van der Waals surface area contributed by atoms with Crippen molar-refractivity contribution in [3.05, 3.63) is 22.9 Å². The van der Waals surface area contributed by atoms with Crippen LogP contribution in [-0.4, -0.2) is 41.5 Å². The summed E-state index contributed by atoms with van der Waals surface area (Å²) in [7, 11) is 0. The molecule has 1 aliphatic rings. The Morgan fingerprint density at radius 2 is 1.89 bits per heavy atom. The molecule has 0 saturated heterocycles. The molecule has 0 unspecified atom stereocenters. The first-order chi connectivity index (χ1) is 9.30. The number of aliphatic hydroxyl groups is 2. The van der Waals surface area contributed by atoms with Crippen LogP contribution in [0.2, 0.25) is 0 Å². The van der Waals surface area contributed by atoms with E-state index in [9.17, 15) is 5.26 Å². The first kappa shape index (κ1) is 13.8. The number of fused-ring (bicyclic) bond motifs is 1. The van der Waals surface area contributed by atoms with Crippen LogP contribution in [0.25, 0.3) is 0 Å². The molecule has 0 amide bonds. The smallest absolute Gasteiger partial charge is 0.146 e. The second kappa shape index (κ2) is 6.50. The zero-order valence-electron chi connectivity index (χ0n) is 11.0. The van der Waals surface area contributed by atoms with E-state index in [1.54, 1.807) is 4.90 Å². The largest absolute Gasteiger partial charge is 0.395 e. The molecule has 0 radical (unpaired) electrons. The lowest BCUT2D eigenvalue weighted by atomic mass is 9.95. The number of nitriles is 1. The summed E-state index contributed by atoms with van der Waals surface area (Å²) in [6.45, 7) is 0.704. The fraction of sp³-hybridized carbons (Fsp3) is 0.571. The molecule has 0 aliphatic heterocycles. The van der Waals surface area contributed by atoms with Crippen molar-refractivity contribution in [3.8, 4) is 6.07 Å². The highest BCUT2D eigenvalue weighted by atomic mass is 16.3. The van der Waals surface area contributed by atoms with Gasteiger partial charge in [-0.15, -0.1) is 0 Å². The van der Waals surface area contributed by atoms with Crippen molar-refractivity contribution in [1.82, 2.24) is 4.98 Å². The maximum Gasteiger partial charge on any atom is 0.146 e. The Kier molecular flexibility index (Phi) is 4.72. The predicted octanol–water partition coefficient (Wildman–Crippen LogP) is 0.623. The molecule has 102 valence electrons. The van der Waals surface area contributed by atoms with Crippen molar-refractivity contribution < 1.29 is 10.2 Å². The summed E-state index contributed by atoms with van der Waals surface area (Å²) in [5, 5.41) is 27.4. The van der Waals surface area contributed by atoms with Crippen molar-refractivity contribution in [2.45, 2.75) is 25.7 Å². The Bertz CT molecular complexity index is 476. The van der Waals surface area contributed by atoms with E-state index in [1.807, 2.05) is 6.07 Å². The molecule has 2 N–H and O–H groups in total. The summed E-state index contributed by atoms with van der Waals surface area (Å²) in [4.78, 5) is 6.37. The van der Waals surface area contributed by atoms with Crippen LogP contribution in [-0.2, 0) is 12.8 Å². The van der Waals surface area contributed by atoms with Crippen molar-refractivity contribution in [1.29, 1.82) is 5.26 Å². The lowest BCUT2D eigenvalue weighted by Crippen LogP contribution is -2.31. The van der Waals surface area contributed by atoms with Gasteiger partial charge < -0.3 is 15.1 Å². The van der Waals surface area contributed by atoms with E-state index in [2.05, 4.69) is 11.1 Å². The number of aryl methyl sites for hydroxylation is 2. The van der Waals surface area contributed by atoms with Crippen molar-refractivity contribution in [3.63, 3.8) is 0 Å². The molecule has 2 rings (SSSR count). The summed E-state index contributed by atoms with van der Waals surface area (Å²) in [6, 6.07) is 4.09. The van der Waals surface area contributed by atoms with Crippen LogP contribution in [0.3, 0.4) is 0 Å². The zero-order valence-corrected chi connectivity index (χ0v) is 11.0. The number of anilines is 1. The van der Waals surface area contributed by atoms with Crippen LogP contribution in [0.4, 0.5) is 5.82 Å². The molecule has 0 saturated carbocycles. The molecule has 1 aromatic heterocycles. The van der Waals surface area contributed by atoms with Gasteiger partial charge in [0.2, 0.25) is 0 Å². The highest BCUT2D eigenvalue weighted by Crippen LogP contribution is 2.26. The summed E-state index contributed by atoms with van der Waals surface area (Å²) in [5.74, 6) is 0.589. The second-order valence-corrected chi connectivity index (χ2v) is 4.72. The molecule has 1 heterocycles. The summed E-state index contributed by atoms with van der Waals surface area (Å²) >= 11 is 0. The molecule has 1 aliphatic carbocycles. The van der Waals surface area contributed by atoms with E-state index in [0.29, 0.717) is 24.5 Å². The third-order valence-corrected chi connectivity index (χ3v) is 3.44. The molecule has 5 heteroatoms. The van der Waals surface area contributed by atoms with Gasteiger partial charge in [-0.2, -0.15) is 5.26 Å². The Morgan fingerprint density at radius 3 is 2.53 bits per heavy atom. The summed E-state index contributed by atoms with van der Waals surface area (Å²) in [5.41, 5.74) is 2.75. The van der Waals surface area contributed by atoms with Crippen LogP contribution < -0.4 is 4.90 Å². The standard InChI is InChI=1S/C14H19N3O2/c15-10-12-9-11-3-1-2-4-13(11)16-14(12)17(5-7-18)6-8-19/h9,18-19H,1-8H2. The average Bonchev–Trinajstić information content (AvgIpc) is 2.45. The number of pyridine rings is 1. The lowest BCUT2D eigenvalue weighted by molar-refractivity contribution is 0.280. The van der Waals surface area contributed by atoms with Gasteiger partial charge in [0, 0.05) is 18.8 Å². The van der Waals surface area contributed by atoms with Gasteiger partial charge in [0.25, 0.3) is 0 Å². The van der Waals surface area contributed by atoms with Gasteiger partial charge in [-0.05, 0) is 37.3 Å². The minimum absolute atomic E-state index is 0.0242. The fourth-order valence-electron chi connectivity index (χ4n) is 2.51. The van der Waals surface area contributed by atoms with Gasteiger partial charge >= 0.3 is 0 Å². The minimum atomic E-state index is -0.0242. The lowest BCUT2D eigenvalue weighted by Gasteiger charge is -2.25. The number of hydrogen-bond donors (Lipinski definition) is 2. The van der Waals surface area contributed by atoms with Gasteiger partial charge in [0.05, 0.1) is 18.8 Å². The molecule has 0 bridgehead atoms. The molecule has 19 heavy (non-hydrogen) atoms. The van der Waals surface area contributed by atoms with Gasteiger partial charge in [-0.1, -0.05) is 0 Å². The third-order valence-electron chi connectivity index (χ3n) is 3.44. The topological polar surface area (TPSA) is 80.4 Å². The molecular weight excluding hydrogens is 242 g/mol. The van der Waals surface area contributed by atoms with E-state index in [-0.39, 0.29) is 13.2 Å². The third kappa shape index (κ3) is 3.03. The predicted molar refractivity (Wildman–Crippen MR) is 72.0 cm³/mol. The molecule has 1 aromatic rings. The Balaban J connectivity index is 2.39. The highest BCUT2D eigenvalue weighted by molar-refractivity contribution is 5.56. The summed E-state index contributed by atoms with van der Waals surface area (Å²) < 4.78 is 0. The van der Waals surface area contributed by atoms with Crippen LogP contribution in [0.1, 0.15) is 29.7 Å². The van der Waals surface area contributed by atoms with Crippen LogP contribution in [0, 0.1) is 11.3 Å². The molecule has 0 spiro atoms. The number of aliphatic hydroxyl groups excluding tert-OH is 2. The quantitative estimate of drug-likeness (QED) is 0.812. The number of rotatable bonds is 5. The van der Waals surface area contributed by atoms with Gasteiger partial charge in [0.1, 0.15) is 11.9 Å². The molecule has 0 fully saturated rings. The maximum atomic E-state index is 9.26. The van der Waals surface area contributed by atoms with Gasteiger partial charge in [-0.3, -0.25) is 0 Å². The van der Waals surface area contributed by atoms with E-state index in [1.165, 1.54) is 5.56 Å². The normalized spacial score (nSPS) is 13.7. The summed E-state index contributed by atoms with van der Waals surface area (Å²) in [6.07, 6.45) is 4.21. The van der Waals surface area contributed by atoms with Crippen molar-refractivity contribution >= 4 is 5.82 Å². The monoisotopic (exact) mass is 261 g/mol. The highest BCUT2D eigenvalue weighted by Gasteiger charge is 2.18. The first-order valence-corrected chi connectivity index (χ1v) is 6.69. The van der Waals surface area contributed by atoms with Crippen LogP contribution in [0.5, 0.6) is 0 Å². The molecule has 0 atom stereocenters. The number of hydrogen-bond acceptors (Lipinski definition) is 5. The van der Waals surface area contributed by atoms with Crippen LogP contribution in [0.15, 0.2) is 6.07 Å². The van der Waals surface area contributed by atoms with E-state index in [4.69, 9.17) is 10.2 Å². The molecular formula is C14H19N3O2. The fourth-order valence-corrected chi connectivity index (χ4v) is 2.51. The Hall–Kier alpha value is -1.64. The zero-order chi connectivity index (χ0) is 13.7. The van der Waals surface area contributed by atoms with Gasteiger partial charge in [-0.25, -0.2) is 4.98 Å². The number of nitrogens with zero attached hydrogens (tertiary/aromatic N) is 3. The SMILES string of the molecule is N#Cc1cc2c(nc1N(CCO)CCO)CCCC2. The van der Waals surface area contributed by atoms with E-state index < -0.39 is 0 Å². The minimum Gasteiger partial charge on any atom is -0.395 e. The second-order valence-electron chi connectivity index (χ2n) is 4.72. The molecule has 5 nitrogen and oxygen atoms in total. The van der Waals surface area contributed by atoms with Crippen molar-refractivity contribution in [2.75, 3.05) is 31.2 Å². The van der Waals surface area contributed by atoms with E-state index in [0.717, 1.165) is 31.4 Å². The van der Waals surface area contributed by atoms with Crippen molar-refractivity contribution in [2.24, 2.45) is 0 Å². The first-order valence-electron chi connectivity index (χ1n) is 6.69. The number of aromatic nitrogens is 1. The Morgan fingerprint density at radius 1 is 1.21 bits per heavy atom. The van der Waals surface area contributed by atoms with Crippen LogP contribution >= 0.6 is 0 Å². The average molecular weight is 261 g/mol. The van der Waals surface area contributed by atoms with E-state index >= 15 is 0 Å². The molecule has 0 aromatic carbocycles. The Labute approximate surface area is 113 Å².